The van der Waals surface area contributed by atoms with Crippen LogP contribution in [0.5, 0.6) is 0 Å². The molecule has 1 unspecified atom stereocenters. The lowest BCUT2D eigenvalue weighted by Gasteiger charge is -2.23. The minimum Gasteiger partial charge on any atom is -0.444 e. The maximum Gasteiger partial charge on any atom is 0.412 e. The number of carbonyl (C=O) groups excluding carboxylic acids is 4. The summed E-state index contributed by atoms with van der Waals surface area (Å²) < 4.78 is 5.34. The standard InChI is InChI=1S/C33H31N5O5/c1-22(38-20-8-13-29(38)39)31(40)34-26-16-14-25(15-17-26)32(41)37-30-28(19-18-27(35-30)24-11-6-3-7-12-24)36-33(42)43-21-23-9-4-2-5-10-23/h2-7,9-12,14-19,22H,8,13,20-21H2,1H3,(H,34,40)(H,36,42)(H,35,37,41). The lowest BCUT2D eigenvalue weighted by Crippen LogP contribution is -2.42. The van der Waals surface area contributed by atoms with Gasteiger partial charge < -0.3 is 20.3 Å². The monoisotopic (exact) mass is 577 g/mol. The van der Waals surface area contributed by atoms with E-state index in [1.807, 2.05) is 60.7 Å². The fraction of sp³-hybridized carbons (Fsp3) is 0.182. The number of likely N-dealkylation sites (tertiary alicyclic amines) is 1. The summed E-state index contributed by atoms with van der Waals surface area (Å²) in [4.78, 5) is 56.7. The first-order chi connectivity index (χ1) is 20.9. The van der Waals surface area contributed by atoms with E-state index < -0.39 is 18.0 Å². The number of nitrogens with zero attached hydrogens (tertiary/aromatic N) is 2. The van der Waals surface area contributed by atoms with Gasteiger partial charge in [-0.3, -0.25) is 19.7 Å². The van der Waals surface area contributed by atoms with Gasteiger partial charge in [0.25, 0.3) is 5.91 Å². The SMILES string of the molecule is CC(C(=O)Nc1ccc(C(=O)Nc2nc(-c3ccccc3)ccc2NC(=O)OCc2ccccc2)cc1)N1CCCC1=O. The van der Waals surface area contributed by atoms with Crippen LogP contribution < -0.4 is 16.0 Å². The van der Waals surface area contributed by atoms with Crippen LogP contribution in [0.3, 0.4) is 0 Å². The van der Waals surface area contributed by atoms with E-state index in [-0.39, 0.29) is 29.9 Å². The van der Waals surface area contributed by atoms with Gasteiger partial charge >= 0.3 is 6.09 Å². The molecule has 1 fully saturated rings. The quantitative estimate of drug-likeness (QED) is 0.234. The third-order valence-electron chi connectivity index (χ3n) is 7.02. The number of benzene rings is 3. The Morgan fingerprint density at radius 1 is 0.860 bits per heavy atom. The predicted molar refractivity (Wildman–Crippen MR) is 163 cm³/mol. The lowest BCUT2D eigenvalue weighted by atomic mass is 10.1. The maximum absolute atomic E-state index is 13.2. The van der Waals surface area contributed by atoms with Crippen LogP contribution in [0.4, 0.5) is 22.0 Å². The topological polar surface area (TPSA) is 130 Å². The molecule has 43 heavy (non-hydrogen) atoms. The second-order valence-corrected chi connectivity index (χ2v) is 10.0. The Morgan fingerprint density at radius 3 is 2.23 bits per heavy atom. The molecule has 5 rings (SSSR count). The van der Waals surface area contributed by atoms with E-state index in [9.17, 15) is 19.2 Å². The Labute approximate surface area is 249 Å². The molecule has 2 heterocycles. The van der Waals surface area contributed by atoms with E-state index in [2.05, 4.69) is 20.9 Å². The van der Waals surface area contributed by atoms with Crippen LogP contribution >= 0.6 is 0 Å². The molecule has 0 saturated carbocycles. The lowest BCUT2D eigenvalue weighted by molar-refractivity contribution is -0.134. The van der Waals surface area contributed by atoms with Gasteiger partial charge in [-0.1, -0.05) is 60.7 Å². The van der Waals surface area contributed by atoms with Gasteiger partial charge in [-0.05, 0) is 55.3 Å². The molecule has 1 aliphatic heterocycles. The van der Waals surface area contributed by atoms with Crippen molar-refractivity contribution < 1.29 is 23.9 Å². The Hall–Kier alpha value is -5.51. The minimum absolute atomic E-state index is 0.0297. The number of rotatable bonds is 9. The molecular weight excluding hydrogens is 546 g/mol. The number of aromatic nitrogens is 1. The highest BCUT2D eigenvalue weighted by atomic mass is 16.5. The highest BCUT2D eigenvalue weighted by Crippen LogP contribution is 2.26. The average Bonchev–Trinajstić information content (AvgIpc) is 3.47. The molecule has 4 amide bonds. The Kier molecular flexibility index (Phi) is 9.06. The summed E-state index contributed by atoms with van der Waals surface area (Å²) in [6.07, 6.45) is 0.505. The van der Waals surface area contributed by atoms with Gasteiger partial charge in [-0.15, -0.1) is 0 Å². The molecule has 0 aliphatic carbocycles. The predicted octanol–water partition coefficient (Wildman–Crippen LogP) is 5.70. The van der Waals surface area contributed by atoms with E-state index in [0.29, 0.717) is 29.9 Å². The Morgan fingerprint density at radius 2 is 1.56 bits per heavy atom. The first-order valence-electron chi connectivity index (χ1n) is 13.9. The minimum atomic E-state index is -0.696. The summed E-state index contributed by atoms with van der Waals surface area (Å²) in [6, 6.07) is 27.9. The molecule has 0 spiro atoms. The number of hydrogen-bond donors (Lipinski definition) is 3. The van der Waals surface area contributed by atoms with Crippen LogP contribution in [0, 0.1) is 0 Å². The van der Waals surface area contributed by atoms with Crippen molar-refractivity contribution in [3.63, 3.8) is 0 Å². The van der Waals surface area contributed by atoms with Crippen LogP contribution in [-0.2, 0) is 20.9 Å². The molecule has 1 aromatic heterocycles. The average molecular weight is 578 g/mol. The van der Waals surface area contributed by atoms with Gasteiger partial charge in [0.1, 0.15) is 12.6 Å². The molecule has 0 bridgehead atoms. The van der Waals surface area contributed by atoms with E-state index in [1.54, 1.807) is 48.2 Å². The van der Waals surface area contributed by atoms with Gasteiger partial charge in [0.2, 0.25) is 11.8 Å². The van der Waals surface area contributed by atoms with Gasteiger partial charge in [-0.2, -0.15) is 0 Å². The van der Waals surface area contributed by atoms with E-state index in [0.717, 1.165) is 17.5 Å². The zero-order valence-electron chi connectivity index (χ0n) is 23.6. The van der Waals surface area contributed by atoms with Crippen molar-refractivity contribution >= 4 is 41.0 Å². The van der Waals surface area contributed by atoms with E-state index in [4.69, 9.17) is 4.74 Å². The number of amides is 4. The first-order valence-corrected chi connectivity index (χ1v) is 13.9. The van der Waals surface area contributed by atoms with Crippen LogP contribution in [-0.4, -0.2) is 46.3 Å². The summed E-state index contributed by atoms with van der Waals surface area (Å²) in [5.74, 6) is -0.654. The maximum atomic E-state index is 13.2. The zero-order valence-corrected chi connectivity index (χ0v) is 23.6. The first kappa shape index (κ1) is 29.0. The van der Waals surface area contributed by atoms with Gasteiger partial charge in [0.05, 0.1) is 11.4 Å². The molecule has 0 radical (unpaired) electrons. The molecule has 4 aromatic rings. The highest BCUT2D eigenvalue weighted by Gasteiger charge is 2.29. The summed E-state index contributed by atoms with van der Waals surface area (Å²) in [5.41, 5.74) is 3.34. The van der Waals surface area contributed by atoms with E-state index in [1.165, 1.54) is 0 Å². The summed E-state index contributed by atoms with van der Waals surface area (Å²) in [7, 11) is 0. The van der Waals surface area contributed by atoms with Crippen molar-refractivity contribution in [2.75, 3.05) is 22.5 Å². The number of anilines is 3. The van der Waals surface area contributed by atoms with Gasteiger partial charge in [-0.25, -0.2) is 9.78 Å². The molecule has 1 saturated heterocycles. The van der Waals surface area contributed by atoms with Crippen molar-refractivity contribution in [1.29, 1.82) is 0 Å². The molecule has 10 nitrogen and oxygen atoms in total. The summed E-state index contributed by atoms with van der Waals surface area (Å²) in [6.45, 7) is 2.34. The second-order valence-electron chi connectivity index (χ2n) is 10.0. The number of nitrogens with one attached hydrogen (secondary N) is 3. The molecule has 10 heteroatoms. The smallest absolute Gasteiger partial charge is 0.412 e. The van der Waals surface area contributed by atoms with Gasteiger partial charge in [0.15, 0.2) is 5.82 Å². The van der Waals surface area contributed by atoms with Crippen LogP contribution in [0.25, 0.3) is 11.3 Å². The molecule has 3 aromatic carbocycles. The number of pyridine rings is 1. The highest BCUT2D eigenvalue weighted by molar-refractivity contribution is 6.06. The number of carbonyl (C=O) groups is 4. The summed E-state index contributed by atoms with van der Waals surface area (Å²) >= 11 is 0. The number of hydrogen-bond acceptors (Lipinski definition) is 6. The van der Waals surface area contributed by atoms with E-state index >= 15 is 0 Å². The third-order valence-corrected chi connectivity index (χ3v) is 7.02. The van der Waals surface area contributed by atoms with Crippen molar-refractivity contribution in [3.05, 3.63) is 108 Å². The van der Waals surface area contributed by atoms with Crippen molar-refractivity contribution in [1.82, 2.24) is 9.88 Å². The number of ether oxygens (including phenoxy) is 1. The molecule has 1 aliphatic rings. The van der Waals surface area contributed by atoms with Crippen LogP contribution in [0.1, 0.15) is 35.7 Å². The van der Waals surface area contributed by atoms with Crippen LogP contribution in [0.15, 0.2) is 97.1 Å². The zero-order chi connectivity index (χ0) is 30.2. The summed E-state index contributed by atoms with van der Waals surface area (Å²) in [5, 5.41) is 8.25. The van der Waals surface area contributed by atoms with Crippen molar-refractivity contribution in [3.8, 4) is 11.3 Å². The normalized spacial score (nSPS) is 13.2. The molecule has 1 atom stereocenters. The fourth-order valence-electron chi connectivity index (χ4n) is 4.65. The fourth-order valence-corrected chi connectivity index (χ4v) is 4.65. The van der Waals surface area contributed by atoms with Crippen molar-refractivity contribution in [2.45, 2.75) is 32.4 Å². The molecule has 218 valence electrons. The van der Waals surface area contributed by atoms with Crippen LogP contribution in [0.2, 0.25) is 0 Å². The Bertz CT molecular complexity index is 1610. The Balaban J connectivity index is 1.28. The largest absolute Gasteiger partial charge is 0.444 e. The van der Waals surface area contributed by atoms with Gasteiger partial charge in [0, 0.05) is 29.8 Å². The molecular formula is C33H31N5O5. The molecule has 3 N–H and O–H groups in total. The second kappa shape index (κ2) is 13.4. The van der Waals surface area contributed by atoms with Crippen molar-refractivity contribution in [2.24, 2.45) is 0 Å². The third kappa shape index (κ3) is 7.42.